The second-order valence-corrected chi connectivity index (χ2v) is 8.19. The lowest BCUT2D eigenvalue weighted by molar-refractivity contribution is -0.133. The Morgan fingerprint density at radius 3 is 2.41 bits per heavy atom. The normalized spacial score (nSPS) is 10.9. The smallest absolute Gasteiger partial charge is 0.254 e. The van der Waals surface area contributed by atoms with E-state index in [4.69, 9.17) is 32.4 Å². The van der Waals surface area contributed by atoms with E-state index in [2.05, 4.69) is 0 Å². The quantitative estimate of drug-likeness (QED) is 0.437. The fourth-order valence-electron chi connectivity index (χ4n) is 3.26. The number of aromatic nitrogens is 1. The third-order valence-corrected chi connectivity index (χ3v) is 5.41. The van der Waals surface area contributed by atoms with Crippen LogP contribution < -0.4 is 0 Å². The summed E-state index contributed by atoms with van der Waals surface area (Å²) in [7, 11) is 3.46. The Morgan fingerprint density at radius 2 is 1.81 bits per heavy atom. The molecule has 0 aliphatic carbocycles. The summed E-state index contributed by atoms with van der Waals surface area (Å²) in [6.07, 6.45) is 3.49. The molecule has 0 saturated carbocycles. The second-order valence-electron chi connectivity index (χ2n) is 7.32. The minimum Gasteiger partial charge on any atom is -0.467 e. The van der Waals surface area contributed by atoms with Crippen molar-refractivity contribution in [2.24, 2.45) is 7.05 Å². The summed E-state index contributed by atoms with van der Waals surface area (Å²) in [5.41, 5.74) is 1.27. The predicted molar refractivity (Wildman–Crippen MR) is 123 cm³/mol. The van der Waals surface area contributed by atoms with E-state index in [9.17, 15) is 9.59 Å². The molecule has 0 spiro atoms. The van der Waals surface area contributed by atoms with E-state index >= 15 is 0 Å². The van der Waals surface area contributed by atoms with E-state index in [1.165, 1.54) is 17.0 Å². The third-order valence-electron chi connectivity index (χ3n) is 4.97. The summed E-state index contributed by atoms with van der Waals surface area (Å²) < 4.78 is 12.5. The van der Waals surface area contributed by atoms with E-state index in [0.29, 0.717) is 27.9 Å². The van der Waals surface area contributed by atoms with Crippen LogP contribution >= 0.6 is 23.2 Å². The largest absolute Gasteiger partial charge is 0.467 e. The summed E-state index contributed by atoms with van der Waals surface area (Å²) in [5, 5.41) is 0.698. The highest BCUT2D eigenvalue weighted by atomic mass is 35.5. The number of amides is 2. The molecular weight excluding hydrogens is 453 g/mol. The standard InChI is InChI=1S/C23H25Cl2N3O4/c1-26-7-3-5-20(26)14-28(15-21-6-4-9-32-21)22(29)16-27(8-10-31-2)23(30)17-11-18(24)13-19(25)12-17/h3-7,9,11-13H,8,10,14-16H2,1-2H3. The monoisotopic (exact) mass is 477 g/mol. The Morgan fingerprint density at radius 1 is 1.06 bits per heavy atom. The van der Waals surface area contributed by atoms with Crippen LogP contribution in [-0.4, -0.2) is 53.0 Å². The molecule has 2 aromatic heterocycles. The highest BCUT2D eigenvalue weighted by Gasteiger charge is 2.24. The van der Waals surface area contributed by atoms with Gasteiger partial charge in [0.2, 0.25) is 5.91 Å². The molecule has 0 bridgehead atoms. The molecule has 0 aliphatic rings. The van der Waals surface area contributed by atoms with Crippen molar-refractivity contribution in [2.45, 2.75) is 13.1 Å². The maximum absolute atomic E-state index is 13.3. The Hall–Kier alpha value is -2.74. The Balaban J connectivity index is 1.81. The maximum Gasteiger partial charge on any atom is 0.254 e. The van der Waals surface area contributed by atoms with Gasteiger partial charge in [-0.2, -0.15) is 0 Å². The number of carbonyl (C=O) groups is 2. The molecule has 3 aromatic rings. The van der Waals surface area contributed by atoms with Gasteiger partial charge in [0.1, 0.15) is 12.3 Å². The average Bonchev–Trinajstić information content (AvgIpc) is 3.41. The summed E-state index contributed by atoms with van der Waals surface area (Å²) in [5.74, 6) is 0.0840. The number of aryl methyl sites for hydroxylation is 1. The van der Waals surface area contributed by atoms with E-state index in [1.54, 1.807) is 30.4 Å². The lowest BCUT2D eigenvalue weighted by Crippen LogP contribution is -2.43. The third kappa shape index (κ3) is 6.38. The summed E-state index contributed by atoms with van der Waals surface area (Å²) in [4.78, 5) is 29.6. The molecule has 0 saturated heterocycles. The minimum absolute atomic E-state index is 0.128. The van der Waals surface area contributed by atoms with Crippen LogP contribution in [0.2, 0.25) is 10.0 Å². The number of hydrogen-bond donors (Lipinski definition) is 0. The molecule has 3 rings (SSSR count). The molecule has 0 radical (unpaired) electrons. The number of halogens is 2. The molecule has 7 nitrogen and oxygen atoms in total. The first-order valence-electron chi connectivity index (χ1n) is 10.0. The van der Waals surface area contributed by atoms with Crippen LogP contribution in [0, 0.1) is 0 Å². The van der Waals surface area contributed by atoms with Crippen molar-refractivity contribution in [1.82, 2.24) is 14.4 Å². The van der Waals surface area contributed by atoms with Crippen LogP contribution in [0.1, 0.15) is 21.8 Å². The van der Waals surface area contributed by atoms with Gasteiger partial charge < -0.3 is 23.5 Å². The Bertz CT molecular complexity index is 1030. The van der Waals surface area contributed by atoms with Gasteiger partial charge >= 0.3 is 0 Å². The molecule has 32 heavy (non-hydrogen) atoms. The van der Waals surface area contributed by atoms with Crippen molar-refractivity contribution in [3.8, 4) is 0 Å². The van der Waals surface area contributed by atoms with Crippen molar-refractivity contribution in [2.75, 3.05) is 26.8 Å². The Kier molecular flexibility index (Phi) is 8.39. The highest BCUT2D eigenvalue weighted by molar-refractivity contribution is 6.35. The molecule has 9 heteroatoms. The van der Waals surface area contributed by atoms with Crippen molar-refractivity contribution < 1.29 is 18.7 Å². The van der Waals surface area contributed by atoms with Crippen LogP contribution in [0.3, 0.4) is 0 Å². The molecule has 170 valence electrons. The molecule has 2 heterocycles. The van der Waals surface area contributed by atoms with Gasteiger partial charge in [-0.25, -0.2) is 0 Å². The molecule has 0 N–H and O–H groups in total. The van der Waals surface area contributed by atoms with Gasteiger partial charge in [0.25, 0.3) is 5.91 Å². The SMILES string of the molecule is COCCN(CC(=O)N(Cc1ccco1)Cc1cccn1C)C(=O)c1cc(Cl)cc(Cl)c1. The van der Waals surface area contributed by atoms with Crippen molar-refractivity contribution in [1.29, 1.82) is 0 Å². The molecule has 0 fully saturated rings. The van der Waals surface area contributed by atoms with Gasteiger partial charge in [0.15, 0.2) is 0 Å². The highest BCUT2D eigenvalue weighted by Crippen LogP contribution is 2.20. The fourth-order valence-corrected chi connectivity index (χ4v) is 3.78. The molecule has 0 aliphatic heterocycles. The topological polar surface area (TPSA) is 67.9 Å². The van der Waals surface area contributed by atoms with Crippen LogP contribution in [0.15, 0.2) is 59.3 Å². The predicted octanol–water partition coefficient (Wildman–Crippen LogP) is 4.24. The van der Waals surface area contributed by atoms with Gasteiger partial charge in [0.05, 0.1) is 26.0 Å². The number of hydrogen-bond acceptors (Lipinski definition) is 4. The van der Waals surface area contributed by atoms with Crippen LogP contribution in [0.5, 0.6) is 0 Å². The van der Waals surface area contributed by atoms with Crippen LogP contribution in [-0.2, 0) is 29.7 Å². The summed E-state index contributed by atoms with van der Waals surface area (Å²) >= 11 is 12.1. The first-order chi connectivity index (χ1) is 15.4. The van der Waals surface area contributed by atoms with E-state index in [1.807, 2.05) is 36.0 Å². The van der Waals surface area contributed by atoms with Gasteiger partial charge in [0, 0.05) is 48.2 Å². The van der Waals surface area contributed by atoms with Crippen molar-refractivity contribution in [3.05, 3.63) is 82.0 Å². The minimum atomic E-state index is -0.350. The number of ether oxygens (including phenoxy) is 1. The van der Waals surface area contributed by atoms with Crippen molar-refractivity contribution in [3.63, 3.8) is 0 Å². The number of benzene rings is 1. The van der Waals surface area contributed by atoms with E-state index in [-0.39, 0.29) is 38.1 Å². The molecular formula is C23H25Cl2N3O4. The van der Waals surface area contributed by atoms with Crippen LogP contribution in [0.25, 0.3) is 0 Å². The van der Waals surface area contributed by atoms with E-state index < -0.39 is 0 Å². The van der Waals surface area contributed by atoms with E-state index in [0.717, 1.165) is 5.69 Å². The van der Waals surface area contributed by atoms with Gasteiger partial charge in [-0.1, -0.05) is 23.2 Å². The molecule has 0 atom stereocenters. The van der Waals surface area contributed by atoms with Crippen molar-refractivity contribution >= 4 is 35.0 Å². The summed E-state index contributed by atoms with van der Waals surface area (Å²) in [6.45, 7) is 1.05. The molecule has 0 unspecified atom stereocenters. The zero-order valence-corrected chi connectivity index (χ0v) is 19.5. The van der Waals surface area contributed by atoms with Gasteiger partial charge in [-0.05, 0) is 42.5 Å². The second kappa shape index (κ2) is 11.2. The summed E-state index contributed by atoms with van der Waals surface area (Å²) in [6, 6.07) is 12.1. The first kappa shape index (κ1) is 23.9. The first-order valence-corrected chi connectivity index (χ1v) is 10.8. The lowest BCUT2D eigenvalue weighted by atomic mass is 10.2. The number of methoxy groups -OCH3 is 1. The fraction of sp³-hybridized carbons (Fsp3) is 0.304. The molecule has 2 amide bonds. The lowest BCUT2D eigenvalue weighted by Gasteiger charge is -2.27. The van der Waals surface area contributed by atoms with Gasteiger partial charge in [-0.15, -0.1) is 0 Å². The number of nitrogens with zero attached hydrogens (tertiary/aromatic N) is 3. The van der Waals surface area contributed by atoms with Gasteiger partial charge in [-0.3, -0.25) is 9.59 Å². The maximum atomic E-state index is 13.3. The average molecular weight is 478 g/mol. The zero-order valence-electron chi connectivity index (χ0n) is 18.0. The van der Waals surface area contributed by atoms with Crippen LogP contribution in [0.4, 0.5) is 0 Å². The number of rotatable bonds is 10. The zero-order chi connectivity index (χ0) is 23.1. The number of furan rings is 1. The molecule has 1 aromatic carbocycles. The number of carbonyl (C=O) groups excluding carboxylic acids is 2. The Labute approximate surface area is 197 Å².